The second-order valence-corrected chi connectivity index (χ2v) is 13.6. The van der Waals surface area contributed by atoms with E-state index in [1.165, 1.54) is 11.8 Å². The number of amides is 2. The molecule has 1 aliphatic heterocycles. The van der Waals surface area contributed by atoms with E-state index in [1.807, 2.05) is 57.2 Å². The van der Waals surface area contributed by atoms with E-state index in [0.717, 1.165) is 35.7 Å². The summed E-state index contributed by atoms with van der Waals surface area (Å²) in [4.78, 5) is 46.9. The summed E-state index contributed by atoms with van der Waals surface area (Å²) >= 11 is 1.19. The van der Waals surface area contributed by atoms with Gasteiger partial charge in [-0.3, -0.25) is 19.1 Å². The third kappa shape index (κ3) is 9.20. The molecule has 2 amide bonds. The van der Waals surface area contributed by atoms with Crippen molar-refractivity contribution in [3.63, 3.8) is 0 Å². The average molecular weight is 536 g/mol. The van der Waals surface area contributed by atoms with Crippen molar-refractivity contribution in [2.45, 2.75) is 64.1 Å². The number of piperidine rings is 1. The number of nitrogens with one attached hydrogen (secondary N) is 2. The summed E-state index contributed by atoms with van der Waals surface area (Å²) in [5.41, 5.74) is 0.312. The van der Waals surface area contributed by atoms with Crippen LogP contribution in [-0.2, 0) is 20.6 Å². The number of nitrogens with zero attached hydrogens (tertiary/aromatic N) is 1. The van der Waals surface area contributed by atoms with Gasteiger partial charge in [0.15, 0.2) is 0 Å². The summed E-state index contributed by atoms with van der Waals surface area (Å²) in [5, 5.41) is 8.24. The first-order chi connectivity index (χ1) is 16.9. The van der Waals surface area contributed by atoms with Crippen LogP contribution >= 0.6 is 19.4 Å². The van der Waals surface area contributed by atoms with Crippen LogP contribution in [0.4, 0.5) is 0 Å². The first-order valence-corrected chi connectivity index (χ1v) is 15.3. The van der Waals surface area contributed by atoms with E-state index < -0.39 is 19.2 Å². The van der Waals surface area contributed by atoms with Crippen molar-refractivity contribution in [2.75, 3.05) is 24.3 Å². The zero-order chi connectivity index (χ0) is 26.3. The summed E-state index contributed by atoms with van der Waals surface area (Å²) in [6.45, 7) is 7.05. The quantitative estimate of drug-likeness (QED) is 0.272. The van der Waals surface area contributed by atoms with E-state index in [4.69, 9.17) is 9.79 Å². The summed E-state index contributed by atoms with van der Waals surface area (Å²) in [6, 6.07) is 13.1. The van der Waals surface area contributed by atoms with Crippen LogP contribution in [0.5, 0.6) is 0 Å². The van der Waals surface area contributed by atoms with Crippen LogP contribution in [0.3, 0.4) is 0 Å². The van der Waals surface area contributed by atoms with Crippen molar-refractivity contribution in [1.82, 2.24) is 15.5 Å². The molecule has 1 aliphatic rings. The Bertz CT molecular complexity index is 1100. The number of carbonyl (C=O) groups is 2. The smallest absolute Gasteiger partial charge is 0.335 e. The summed E-state index contributed by atoms with van der Waals surface area (Å²) in [5.74, 6) is 0.132. The van der Waals surface area contributed by atoms with Gasteiger partial charge in [0.2, 0.25) is 11.8 Å². The molecule has 0 aliphatic carbocycles. The molecule has 0 bridgehead atoms. The molecule has 0 spiro atoms. The topological polar surface area (TPSA) is 119 Å². The van der Waals surface area contributed by atoms with E-state index in [-0.39, 0.29) is 23.4 Å². The highest BCUT2D eigenvalue weighted by Crippen LogP contribution is 2.38. The molecule has 0 unspecified atom stereocenters. The summed E-state index contributed by atoms with van der Waals surface area (Å²) < 4.78 is 11.1. The van der Waals surface area contributed by atoms with Crippen LogP contribution in [0.2, 0.25) is 0 Å². The van der Waals surface area contributed by atoms with Gasteiger partial charge in [-0.2, -0.15) is 0 Å². The van der Waals surface area contributed by atoms with Gasteiger partial charge in [-0.25, -0.2) is 0 Å². The molecule has 2 atom stereocenters. The van der Waals surface area contributed by atoms with Gasteiger partial charge in [-0.1, -0.05) is 48.9 Å². The van der Waals surface area contributed by atoms with Crippen LogP contribution in [0.1, 0.15) is 45.6 Å². The number of hydrogen-bond acceptors (Lipinski definition) is 5. The fourth-order valence-corrected chi connectivity index (χ4v) is 6.29. The zero-order valence-corrected chi connectivity index (χ0v) is 23.0. The standard InChI is InChI=1S/C26H38N3O5PS/c1-26(2,3)28-24(30)22(17-19-11-12-20-8-4-5-9-21(20)16-19)27-25(31)23-10-6-7-13-29(23)14-15-36-18-35(32,33)34/h4-5,8-9,11-12,16,22-23H,6-7,10,13-15,17-18H2,1-3H3,(H,27,31)(H,28,30)(H2,32,33,34)/t22-,23-/m0/s1. The van der Waals surface area contributed by atoms with E-state index >= 15 is 0 Å². The molecule has 1 heterocycles. The third-order valence-corrected chi connectivity index (χ3v) is 8.63. The second-order valence-electron chi connectivity index (χ2n) is 10.4. The minimum absolute atomic E-state index is 0.176. The Morgan fingerprint density at radius 2 is 1.86 bits per heavy atom. The van der Waals surface area contributed by atoms with Gasteiger partial charge in [-0.15, -0.1) is 11.8 Å². The molecule has 0 saturated carbocycles. The number of carbonyl (C=O) groups excluding carboxylic acids is 2. The molecule has 3 rings (SSSR count). The Morgan fingerprint density at radius 3 is 2.56 bits per heavy atom. The number of fused-ring (bicyclic) bond motifs is 1. The summed E-state index contributed by atoms with van der Waals surface area (Å²) in [6.07, 6.45) is 2.97. The number of benzene rings is 2. The van der Waals surface area contributed by atoms with E-state index in [1.54, 1.807) is 0 Å². The van der Waals surface area contributed by atoms with Crippen LogP contribution < -0.4 is 10.6 Å². The SMILES string of the molecule is CC(C)(C)NC(=O)[C@H](Cc1ccc2ccccc2c1)NC(=O)[C@@H]1CCCCN1CCSCP(=O)(O)O. The Hall–Kier alpha value is -1.90. The average Bonchev–Trinajstić information content (AvgIpc) is 2.80. The van der Waals surface area contributed by atoms with Crippen molar-refractivity contribution in [1.29, 1.82) is 0 Å². The predicted octanol–water partition coefficient (Wildman–Crippen LogP) is 3.50. The van der Waals surface area contributed by atoms with Gasteiger partial charge < -0.3 is 20.4 Å². The molecule has 8 nitrogen and oxygen atoms in total. The molecule has 0 aromatic heterocycles. The van der Waals surface area contributed by atoms with Crippen LogP contribution in [0.15, 0.2) is 42.5 Å². The lowest BCUT2D eigenvalue weighted by atomic mass is 9.98. The van der Waals surface area contributed by atoms with E-state index in [9.17, 15) is 14.2 Å². The van der Waals surface area contributed by atoms with Crippen molar-refractivity contribution >= 4 is 41.9 Å². The largest absolute Gasteiger partial charge is 0.350 e. The molecule has 1 fully saturated rings. The fraction of sp³-hybridized carbons (Fsp3) is 0.538. The molecule has 10 heteroatoms. The minimum Gasteiger partial charge on any atom is -0.350 e. The lowest BCUT2D eigenvalue weighted by molar-refractivity contribution is -0.133. The van der Waals surface area contributed by atoms with Crippen LogP contribution in [-0.4, -0.2) is 68.5 Å². The highest BCUT2D eigenvalue weighted by atomic mass is 32.2. The van der Waals surface area contributed by atoms with Gasteiger partial charge in [-0.05, 0) is 56.5 Å². The Balaban J connectivity index is 1.71. The van der Waals surface area contributed by atoms with E-state index in [0.29, 0.717) is 25.1 Å². The maximum Gasteiger partial charge on any atom is 0.335 e. The van der Waals surface area contributed by atoms with Crippen LogP contribution in [0.25, 0.3) is 10.8 Å². The molecule has 198 valence electrons. The molecular formula is C26H38N3O5PS. The molecule has 2 aromatic carbocycles. The first kappa shape index (κ1) is 28.7. The predicted molar refractivity (Wildman–Crippen MR) is 146 cm³/mol. The van der Waals surface area contributed by atoms with Crippen molar-refractivity contribution in [2.24, 2.45) is 0 Å². The molecule has 2 aromatic rings. The Morgan fingerprint density at radius 1 is 1.14 bits per heavy atom. The third-order valence-electron chi connectivity index (χ3n) is 6.08. The molecular weight excluding hydrogens is 497 g/mol. The molecule has 4 N–H and O–H groups in total. The maximum absolute atomic E-state index is 13.4. The van der Waals surface area contributed by atoms with E-state index in [2.05, 4.69) is 21.6 Å². The van der Waals surface area contributed by atoms with Crippen molar-refractivity contribution in [3.8, 4) is 0 Å². The summed E-state index contributed by atoms with van der Waals surface area (Å²) in [7, 11) is -4.05. The van der Waals surface area contributed by atoms with Crippen molar-refractivity contribution in [3.05, 3.63) is 48.0 Å². The lowest BCUT2D eigenvalue weighted by Crippen LogP contribution is -2.57. The normalized spacial score (nSPS) is 18.1. The highest BCUT2D eigenvalue weighted by molar-refractivity contribution is 8.04. The number of thioether (sulfide) groups is 1. The minimum atomic E-state index is -4.05. The molecule has 36 heavy (non-hydrogen) atoms. The van der Waals surface area contributed by atoms with Gasteiger partial charge in [0.05, 0.1) is 11.5 Å². The number of likely N-dealkylation sites (tertiary alicyclic amines) is 1. The molecule has 0 radical (unpaired) electrons. The molecule has 1 saturated heterocycles. The lowest BCUT2D eigenvalue weighted by Gasteiger charge is -2.35. The van der Waals surface area contributed by atoms with Crippen LogP contribution in [0, 0.1) is 0 Å². The maximum atomic E-state index is 13.4. The Kier molecular flexibility index (Phi) is 10.0. The van der Waals surface area contributed by atoms with Gasteiger partial charge in [0.25, 0.3) is 0 Å². The number of hydrogen-bond donors (Lipinski definition) is 4. The fourth-order valence-electron chi connectivity index (χ4n) is 4.46. The number of rotatable bonds is 10. The van der Waals surface area contributed by atoms with Gasteiger partial charge >= 0.3 is 7.60 Å². The van der Waals surface area contributed by atoms with Gasteiger partial charge in [0.1, 0.15) is 6.04 Å². The first-order valence-electron chi connectivity index (χ1n) is 12.4. The van der Waals surface area contributed by atoms with Crippen molar-refractivity contribution < 1.29 is 23.9 Å². The Labute approximate surface area is 217 Å². The zero-order valence-electron chi connectivity index (χ0n) is 21.3. The highest BCUT2D eigenvalue weighted by Gasteiger charge is 2.32. The monoisotopic (exact) mass is 535 g/mol. The van der Waals surface area contributed by atoms with Gasteiger partial charge in [0, 0.05) is 24.3 Å². The second kappa shape index (κ2) is 12.6.